The van der Waals surface area contributed by atoms with Crippen LogP contribution in [0.1, 0.15) is 19.4 Å². The molecule has 4 nitrogen and oxygen atoms in total. The van der Waals surface area contributed by atoms with E-state index in [0.717, 1.165) is 30.9 Å². The van der Waals surface area contributed by atoms with Crippen molar-refractivity contribution in [2.75, 3.05) is 33.4 Å². The number of rotatable bonds is 8. The minimum atomic E-state index is -0.312. The Morgan fingerprint density at radius 1 is 1.20 bits per heavy atom. The quantitative estimate of drug-likeness (QED) is 0.541. The Kier molecular flexibility index (Phi) is 7.43. The Morgan fingerprint density at radius 2 is 1.85 bits per heavy atom. The van der Waals surface area contributed by atoms with Crippen LogP contribution in [0.5, 0.6) is 5.75 Å². The summed E-state index contributed by atoms with van der Waals surface area (Å²) in [6.07, 6.45) is 3.18. The Hall–Kier alpha value is -1.81. The summed E-state index contributed by atoms with van der Waals surface area (Å²) < 4.78 is 10.2. The van der Waals surface area contributed by atoms with Gasteiger partial charge in [0.1, 0.15) is 12.4 Å². The first kappa shape index (κ1) is 16.2. The van der Waals surface area contributed by atoms with Crippen LogP contribution in [0.3, 0.4) is 0 Å². The van der Waals surface area contributed by atoms with Crippen molar-refractivity contribution in [3.8, 4) is 5.75 Å². The molecular weight excluding hydrogens is 254 g/mol. The molecule has 110 valence electrons. The summed E-state index contributed by atoms with van der Waals surface area (Å²) in [7, 11) is 1.62. The number of carbonyl (C=O) groups is 1. The van der Waals surface area contributed by atoms with E-state index in [4.69, 9.17) is 9.47 Å². The Bertz CT molecular complexity index is 422. The lowest BCUT2D eigenvalue weighted by atomic mass is 10.2. The van der Waals surface area contributed by atoms with Crippen LogP contribution in [0.15, 0.2) is 30.3 Å². The van der Waals surface area contributed by atoms with Gasteiger partial charge >= 0.3 is 5.97 Å². The van der Waals surface area contributed by atoms with Gasteiger partial charge in [0.05, 0.1) is 7.11 Å². The van der Waals surface area contributed by atoms with Crippen molar-refractivity contribution in [2.45, 2.75) is 13.8 Å². The fourth-order valence-electron chi connectivity index (χ4n) is 1.74. The van der Waals surface area contributed by atoms with Gasteiger partial charge < -0.3 is 14.4 Å². The first-order valence-electron chi connectivity index (χ1n) is 6.90. The Labute approximate surface area is 121 Å². The molecule has 4 heteroatoms. The average Bonchev–Trinajstić information content (AvgIpc) is 2.50. The maximum Gasteiger partial charge on any atom is 0.330 e. The van der Waals surface area contributed by atoms with Gasteiger partial charge in [-0.1, -0.05) is 26.0 Å². The minimum absolute atomic E-state index is 0.312. The molecule has 0 saturated carbocycles. The number of nitrogens with zero attached hydrogens (tertiary/aromatic N) is 1. The van der Waals surface area contributed by atoms with E-state index in [-0.39, 0.29) is 5.97 Å². The molecule has 0 amide bonds. The lowest BCUT2D eigenvalue weighted by Crippen LogP contribution is -2.27. The third-order valence-corrected chi connectivity index (χ3v) is 3.07. The number of hydrogen-bond acceptors (Lipinski definition) is 4. The van der Waals surface area contributed by atoms with Crippen LogP contribution in [-0.2, 0) is 9.53 Å². The highest BCUT2D eigenvalue weighted by Crippen LogP contribution is 2.12. The number of ether oxygens (including phenoxy) is 2. The molecule has 0 aliphatic heterocycles. The predicted molar refractivity (Wildman–Crippen MR) is 80.8 cm³/mol. The molecule has 20 heavy (non-hydrogen) atoms. The highest BCUT2D eigenvalue weighted by molar-refractivity contribution is 5.87. The smallest absolute Gasteiger partial charge is 0.330 e. The van der Waals surface area contributed by atoms with Crippen LogP contribution in [0.2, 0.25) is 0 Å². The van der Waals surface area contributed by atoms with Gasteiger partial charge in [0.2, 0.25) is 0 Å². The van der Waals surface area contributed by atoms with E-state index in [1.807, 2.05) is 24.3 Å². The van der Waals surface area contributed by atoms with E-state index < -0.39 is 0 Å². The van der Waals surface area contributed by atoms with Crippen LogP contribution >= 0.6 is 0 Å². The van der Waals surface area contributed by atoms with Gasteiger partial charge in [-0.25, -0.2) is 4.79 Å². The van der Waals surface area contributed by atoms with Crippen molar-refractivity contribution in [2.24, 2.45) is 0 Å². The summed E-state index contributed by atoms with van der Waals surface area (Å²) in [6, 6.07) is 7.48. The normalized spacial score (nSPS) is 11.0. The fraction of sp³-hybridized carbons (Fsp3) is 0.438. The summed E-state index contributed by atoms with van der Waals surface area (Å²) in [5.41, 5.74) is 0.937. The second-order valence-corrected chi connectivity index (χ2v) is 4.30. The van der Waals surface area contributed by atoms with Crippen molar-refractivity contribution in [1.82, 2.24) is 4.90 Å². The number of benzene rings is 1. The lowest BCUT2D eigenvalue weighted by molar-refractivity contribution is -0.138. The molecule has 0 heterocycles. The van der Waals surface area contributed by atoms with Crippen LogP contribution < -0.4 is 4.74 Å². The van der Waals surface area contributed by atoms with E-state index >= 15 is 0 Å². The molecule has 0 radical (unpaired) electrons. The average molecular weight is 277 g/mol. The first-order chi connectivity index (χ1) is 9.69. The molecular formula is C16H23NO3. The van der Waals surface area contributed by atoms with Crippen molar-refractivity contribution in [1.29, 1.82) is 0 Å². The number of likely N-dealkylation sites (N-methyl/N-ethyl adjacent to an activating group) is 1. The molecule has 0 bridgehead atoms. The molecule has 0 aliphatic rings. The van der Waals surface area contributed by atoms with Crippen molar-refractivity contribution in [3.63, 3.8) is 0 Å². The van der Waals surface area contributed by atoms with Gasteiger partial charge in [0, 0.05) is 12.6 Å². The van der Waals surface area contributed by atoms with Gasteiger partial charge in [-0.15, -0.1) is 0 Å². The summed E-state index contributed by atoms with van der Waals surface area (Å²) >= 11 is 0. The highest BCUT2D eigenvalue weighted by Gasteiger charge is 2.01. The highest BCUT2D eigenvalue weighted by atomic mass is 16.5. The van der Waals surface area contributed by atoms with E-state index in [9.17, 15) is 4.79 Å². The number of esters is 1. The van der Waals surface area contributed by atoms with E-state index in [2.05, 4.69) is 18.7 Å². The molecule has 1 rings (SSSR count). The van der Waals surface area contributed by atoms with E-state index in [0.29, 0.717) is 6.61 Å². The van der Waals surface area contributed by atoms with Crippen molar-refractivity contribution < 1.29 is 14.3 Å². The molecule has 0 aromatic heterocycles. The van der Waals surface area contributed by atoms with Crippen LogP contribution in [0, 0.1) is 0 Å². The lowest BCUT2D eigenvalue weighted by Gasteiger charge is -2.16. The van der Waals surface area contributed by atoms with Gasteiger partial charge in [0.15, 0.2) is 0 Å². The van der Waals surface area contributed by atoms with E-state index in [1.54, 1.807) is 13.2 Å². The largest absolute Gasteiger partial charge is 0.497 e. The second kappa shape index (κ2) is 9.15. The number of carbonyl (C=O) groups excluding carboxylic acids is 1. The zero-order valence-corrected chi connectivity index (χ0v) is 12.5. The Morgan fingerprint density at radius 3 is 2.40 bits per heavy atom. The zero-order chi connectivity index (χ0) is 14.8. The SMILES string of the molecule is CCN(CC)CCOC(=O)/C=C/c1ccc(OC)cc1. The molecule has 1 aromatic carbocycles. The predicted octanol–water partition coefficient (Wildman–Crippen LogP) is 2.59. The fourth-order valence-corrected chi connectivity index (χ4v) is 1.74. The maximum absolute atomic E-state index is 11.5. The summed E-state index contributed by atoms with van der Waals surface area (Å²) in [6.45, 7) is 7.32. The Balaban J connectivity index is 2.35. The summed E-state index contributed by atoms with van der Waals surface area (Å²) in [5.74, 6) is 0.483. The van der Waals surface area contributed by atoms with Gasteiger partial charge in [-0.05, 0) is 36.9 Å². The van der Waals surface area contributed by atoms with Gasteiger partial charge in [-0.2, -0.15) is 0 Å². The summed E-state index contributed by atoms with van der Waals surface area (Å²) in [4.78, 5) is 13.8. The third kappa shape index (κ3) is 5.89. The zero-order valence-electron chi connectivity index (χ0n) is 12.5. The molecule has 0 fully saturated rings. The monoisotopic (exact) mass is 277 g/mol. The molecule has 0 spiro atoms. The topological polar surface area (TPSA) is 38.8 Å². The number of methoxy groups -OCH3 is 1. The maximum atomic E-state index is 11.5. The van der Waals surface area contributed by atoms with E-state index in [1.165, 1.54) is 6.08 Å². The van der Waals surface area contributed by atoms with Crippen LogP contribution in [-0.4, -0.2) is 44.2 Å². The second-order valence-electron chi connectivity index (χ2n) is 4.30. The molecule has 0 unspecified atom stereocenters. The molecule has 0 saturated heterocycles. The molecule has 0 N–H and O–H groups in total. The van der Waals surface area contributed by atoms with Gasteiger partial charge in [-0.3, -0.25) is 0 Å². The minimum Gasteiger partial charge on any atom is -0.497 e. The third-order valence-electron chi connectivity index (χ3n) is 3.07. The summed E-state index contributed by atoms with van der Waals surface area (Å²) in [5, 5.41) is 0. The molecule has 0 atom stereocenters. The van der Waals surface area contributed by atoms with Crippen LogP contribution in [0.4, 0.5) is 0 Å². The van der Waals surface area contributed by atoms with Crippen molar-refractivity contribution in [3.05, 3.63) is 35.9 Å². The number of hydrogen-bond donors (Lipinski definition) is 0. The van der Waals surface area contributed by atoms with Crippen LogP contribution in [0.25, 0.3) is 6.08 Å². The van der Waals surface area contributed by atoms with Crippen molar-refractivity contribution >= 4 is 12.0 Å². The standard InChI is InChI=1S/C16H23NO3/c1-4-17(5-2)12-13-20-16(18)11-8-14-6-9-15(19-3)10-7-14/h6-11H,4-5,12-13H2,1-3H3/b11-8+. The molecule has 1 aromatic rings. The first-order valence-corrected chi connectivity index (χ1v) is 6.90. The molecule has 0 aliphatic carbocycles. The van der Waals surface area contributed by atoms with Gasteiger partial charge in [0.25, 0.3) is 0 Å².